The van der Waals surface area contributed by atoms with Gasteiger partial charge in [0.1, 0.15) is 18.9 Å². The molecule has 4 bridgehead atoms. The number of rotatable bonds is 10. The lowest BCUT2D eigenvalue weighted by Gasteiger charge is -2.58. The van der Waals surface area contributed by atoms with Crippen LogP contribution in [0, 0.1) is 28.9 Å². The second kappa shape index (κ2) is 11.5. The van der Waals surface area contributed by atoms with Gasteiger partial charge in [0.05, 0.1) is 24.4 Å². The van der Waals surface area contributed by atoms with E-state index in [2.05, 4.69) is 12.1 Å². The van der Waals surface area contributed by atoms with Crippen LogP contribution in [-0.2, 0) is 24.3 Å². The van der Waals surface area contributed by atoms with E-state index in [0.29, 0.717) is 56.8 Å². The predicted molar refractivity (Wildman–Crippen MR) is 152 cm³/mol. The number of hydroxylamine groups is 3. The van der Waals surface area contributed by atoms with E-state index in [1.54, 1.807) is 7.11 Å². The van der Waals surface area contributed by atoms with Gasteiger partial charge >= 0.3 is 0 Å². The van der Waals surface area contributed by atoms with E-state index in [4.69, 9.17) is 19.2 Å². The maximum Gasteiger partial charge on any atom is 0.207 e. The van der Waals surface area contributed by atoms with Gasteiger partial charge in [-0.15, -0.1) is 0 Å². The highest BCUT2D eigenvalue weighted by atomic mass is 32.2. The fraction of sp³-hybridized carbons (Fsp3) is 0.806. The van der Waals surface area contributed by atoms with Crippen LogP contribution in [0.15, 0.2) is 24.3 Å². The van der Waals surface area contributed by atoms with Gasteiger partial charge in [-0.2, -0.15) is 0 Å². The van der Waals surface area contributed by atoms with Crippen LogP contribution >= 0.6 is 0 Å². The molecule has 0 N–H and O–H groups in total. The number of nitrogens with zero attached hydrogens (tertiary/aromatic N) is 1. The zero-order valence-corrected chi connectivity index (χ0v) is 25.0. The van der Waals surface area contributed by atoms with E-state index in [1.807, 2.05) is 12.1 Å². The molecule has 0 aromatic heterocycles. The summed E-state index contributed by atoms with van der Waals surface area (Å²) in [6.45, 7) is 1.36. The molecule has 8 nitrogen and oxygen atoms in total. The van der Waals surface area contributed by atoms with Crippen LogP contribution in [0.3, 0.4) is 0 Å². The first kappa shape index (κ1) is 28.9. The largest absolute Gasteiger partial charge is 0.633 e. The molecule has 5 saturated carbocycles. The Hall–Kier alpha value is -1.23. The second-order valence-corrected chi connectivity index (χ2v) is 15.9. The molecule has 0 radical (unpaired) electrons. The van der Waals surface area contributed by atoms with Gasteiger partial charge < -0.3 is 19.3 Å². The maximum absolute atomic E-state index is 12.9. The Kier molecular flexibility index (Phi) is 8.27. The number of hydrogen-bond acceptors (Lipinski definition) is 7. The van der Waals surface area contributed by atoms with Crippen molar-refractivity contribution in [2.45, 2.75) is 93.7 Å². The molecule has 6 aliphatic rings. The summed E-state index contributed by atoms with van der Waals surface area (Å²) in [6.07, 6.45) is 12.6. The van der Waals surface area contributed by atoms with Crippen LogP contribution in [0.25, 0.3) is 0 Å². The molecule has 6 fully saturated rings. The number of quaternary nitrogens is 1. The second-order valence-electron chi connectivity index (χ2n) is 13.6. The monoisotopic (exact) mass is 577 g/mol. The van der Waals surface area contributed by atoms with Crippen molar-refractivity contribution in [1.82, 2.24) is 0 Å². The van der Waals surface area contributed by atoms with Gasteiger partial charge in [0.25, 0.3) is 0 Å². The lowest BCUT2D eigenvalue weighted by atomic mass is 9.53. The Morgan fingerprint density at radius 3 is 2.05 bits per heavy atom. The summed E-state index contributed by atoms with van der Waals surface area (Å²) in [6, 6.07) is 8.29. The molecule has 1 aromatic rings. The van der Waals surface area contributed by atoms with Crippen molar-refractivity contribution in [3.8, 4) is 5.75 Å². The zero-order valence-electron chi connectivity index (χ0n) is 24.2. The van der Waals surface area contributed by atoms with Crippen LogP contribution in [-0.4, -0.2) is 69.8 Å². The van der Waals surface area contributed by atoms with Crippen molar-refractivity contribution in [2.24, 2.45) is 23.7 Å². The third kappa shape index (κ3) is 5.97. The van der Waals surface area contributed by atoms with Gasteiger partial charge in [-0.1, -0.05) is 12.1 Å². The lowest BCUT2D eigenvalue weighted by molar-refractivity contribution is -0.885. The van der Waals surface area contributed by atoms with Gasteiger partial charge in [0, 0.05) is 38.0 Å². The molecule has 1 saturated heterocycles. The first-order chi connectivity index (χ1) is 19.2. The van der Waals surface area contributed by atoms with Crippen LogP contribution in [0.1, 0.15) is 82.1 Å². The molecule has 7 rings (SSSR count). The number of piperidine rings is 1. The number of benzene rings is 1. The SMILES string of the molecule is COC1(OOC2CCC(c3ccc(OCC[N+]4([O-])CCC(S(C)(=O)=O)CC4)cc3)CC2)C2CC3CC(C2)CC1C3. The number of ether oxygens (including phenoxy) is 2. The van der Waals surface area contributed by atoms with Crippen LogP contribution in [0.5, 0.6) is 5.75 Å². The molecule has 5 aliphatic carbocycles. The van der Waals surface area contributed by atoms with Crippen LogP contribution in [0.4, 0.5) is 0 Å². The average Bonchev–Trinajstić information content (AvgIpc) is 2.93. The van der Waals surface area contributed by atoms with Crippen molar-refractivity contribution < 1.29 is 32.3 Å². The molecule has 1 aromatic carbocycles. The number of sulfone groups is 1. The number of hydrogen-bond donors (Lipinski definition) is 0. The molecule has 40 heavy (non-hydrogen) atoms. The summed E-state index contributed by atoms with van der Waals surface area (Å²) >= 11 is 0. The Balaban J connectivity index is 0.930. The summed E-state index contributed by atoms with van der Waals surface area (Å²) in [4.78, 5) is 12.4. The van der Waals surface area contributed by atoms with E-state index >= 15 is 0 Å². The molecule has 0 atom stereocenters. The molecule has 1 aliphatic heterocycles. The molecule has 0 spiro atoms. The van der Waals surface area contributed by atoms with Crippen LogP contribution in [0.2, 0.25) is 0 Å². The van der Waals surface area contributed by atoms with Crippen molar-refractivity contribution in [2.75, 3.05) is 39.6 Å². The summed E-state index contributed by atoms with van der Waals surface area (Å²) in [5.41, 5.74) is 1.32. The molecule has 0 amide bonds. The fourth-order valence-corrected chi connectivity index (χ4v) is 9.88. The Morgan fingerprint density at radius 2 is 1.50 bits per heavy atom. The van der Waals surface area contributed by atoms with Gasteiger partial charge in [-0.3, -0.25) is 0 Å². The highest BCUT2D eigenvalue weighted by Crippen LogP contribution is 2.60. The third-order valence-electron chi connectivity index (χ3n) is 11.0. The van der Waals surface area contributed by atoms with Gasteiger partial charge in [0.15, 0.2) is 9.84 Å². The summed E-state index contributed by atoms with van der Waals surface area (Å²) in [7, 11) is -1.26. The minimum Gasteiger partial charge on any atom is -0.633 e. The van der Waals surface area contributed by atoms with Gasteiger partial charge in [-0.25, -0.2) is 18.2 Å². The Morgan fingerprint density at radius 1 is 0.900 bits per heavy atom. The number of methoxy groups -OCH3 is 1. The highest BCUT2D eigenvalue weighted by Gasteiger charge is 2.60. The van der Waals surface area contributed by atoms with E-state index in [9.17, 15) is 13.6 Å². The van der Waals surface area contributed by atoms with Crippen molar-refractivity contribution in [1.29, 1.82) is 0 Å². The molecule has 224 valence electrons. The smallest absolute Gasteiger partial charge is 0.207 e. The zero-order chi connectivity index (χ0) is 28.0. The first-order valence-corrected chi connectivity index (χ1v) is 17.5. The Bertz CT molecular complexity index is 1080. The summed E-state index contributed by atoms with van der Waals surface area (Å²) in [5, 5.41) is 12.6. The van der Waals surface area contributed by atoms with E-state index < -0.39 is 15.6 Å². The van der Waals surface area contributed by atoms with Gasteiger partial charge in [0.2, 0.25) is 5.79 Å². The lowest BCUT2D eigenvalue weighted by Crippen LogP contribution is -2.60. The van der Waals surface area contributed by atoms with Crippen molar-refractivity contribution in [3.63, 3.8) is 0 Å². The minimum absolute atomic E-state index is 0.119. The van der Waals surface area contributed by atoms with E-state index in [0.717, 1.165) is 43.3 Å². The minimum atomic E-state index is -3.07. The molecule has 1 heterocycles. The normalized spacial score (nSPS) is 41.2. The molecular formula is C31H47NO7S. The first-order valence-electron chi connectivity index (χ1n) is 15.5. The van der Waals surface area contributed by atoms with E-state index in [1.165, 1.54) is 43.9 Å². The Labute approximate surface area is 239 Å². The summed E-state index contributed by atoms with van der Waals surface area (Å²) < 4.78 is 35.1. The molecule has 0 unspecified atom stereocenters. The van der Waals surface area contributed by atoms with E-state index in [-0.39, 0.29) is 16.0 Å². The van der Waals surface area contributed by atoms with Crippen molar-refractivity contribution in [3.05, 3.63) is 35.0 Å². The maximum atomic E-state index is 12.9. The standard InChI is InChI=1S/C31H47NO7S/c1-36-31(26-18-22-17-23(20-26)21-27(31)19-22)39-38-29-9-5-25(6-10-29)24-3-7-28(8-4-24)37-16-15-32(33)13-11-30(12-14-32)40(2,34)35/h3-4,7-8,22-23,25-27,29-30H,5-6,9-21H2,1-2H3. The van der Waals surface area contributed by atoms with Crippen LogP contribution < -0.4 is 4.74 Å². The predicted octanol–water partition coefficient (Wildman–Crippen LogP) is 5.36. The fourth-order valence-electron chi connectivity index (χ4n) is 8.81. The quantitative estimate of drug-likeness (QED) is 0.121. The average molecular weight is 578 g/mol. The highest BCUT2D eigenvalue weighted by molar-refractivity contribution is 7.91. The van der Waals surface area contributed by atoms with Gasteiger partial charge in [-0.05, 0) is 93.2 Å². The van der Waals surface area contributed by atoms with Crippen molar-refractivity contribution >= 4 is 9.84 Å². The summed E-state index contributed by atoms with van der Waals surface area (Å²) in [5.74, 6) is 3.39. The molecular weight excluding hydrogens is 530 g/mol. The topological polar surface area (TPSA) is 94.1 Å². The third-order valence-corrected chi connectivity index (χ3v) is 12.7. The molecule has 9 heteroatoms. The number of likely N-dealkylation sites (tertiary alicyclic amines) is 1.